The van der Waals surface area contributed by atoms with Gasteiger partial charge in [-0.3, -0.25) is 4.98 Å². The Balaban J connectivity index is 1.94. The van der Waals surface area contributed by atoms with Crippen molar-refractivity contribution >= 4 is 21.9 Å². The zero-order valence-corrected chi connectivity index (χ0v) is 16.1. The molecule has 1 aliphatic rings. The van der Waals surface area contributed by atoms with Crippen molar-refractivity contribution in [1.82, 2.24) is 14.6 Å². The highest BCUT2D eigenvalue weighted by molar-refractivity contribution is 7.87. The Morgan fingerprint density at radius 2 is 2.04 bits per heavy atom. The first-order valence-electron chi connectivity index (χ1n) is 9.12. The molecule has 0 bridgehead atoms. The van der Waals surface area contributed by atoms with Gasteiger partial charge in [-0.15, -0.1) is 0 Å². The molecule has 2 rings (SSSR count). The molecule has 146 valence electrons. The molecule has 0 aromatic carbocycles. The lowest BCUT2D eigenvalue weighted by Crippen LogP contribution is -2.44. The predicted octanol–water partition coefficient (Wildman–Crippen LogP) is 2.13. The van der Waals surface area contributed by atoms with Gasteiger partial charge in [0, 0.05) is 25.3 Å². The Morgan fingerprint density at radius 3 is 2.69 bits per heavy atom. The number of amides is 2. The van der Waals surface area contributed by atoms with E-state index in [4.69, 9.17) is 5.14 Å². The molecule has 26 heavy (non-hydrogen) atoms. The van der Waals surface area contributed by atoms with Crippen LogP contribution < -0.4 is 15.2 Å². The number of anilines is 1. The van der Waals surface area contributed by atoms with Crippen molar-refractivity contribution in [2.75, 3.05) is 18.4 Å². The normalized spacial score (nSPS) is 15.6. The lowest BCUT2D eigenvalue weighted by Gasteiger charge is -2.34. The Morgan fingerprint density at radius 1 is 1.31 bits per heavy atom. The molecule has 1 aromatic rings. The molecule has 0 atom stereocenters. The summed E-state index contributed by atoms with van der Waals surface area (Å²) >= 11 is 0. The summed E-state index contributed by atoms with van der Waals surface area (Å²) in [5.74, 6) is 0. The summed E-state index contributed by atoms with van der Waals surface area (Å²) in [6, 6.07) is 1.97. The summed E-state index contributed by atoms with van der Waals surface area (Å²) < 4.78 is 24.1. The van der Waals surface area contributed by atoms with Crippen molar-refractivity contribution in [3.63, 3.8) is 0 Å². The number of rotatable bonds is 8. The van der Waals surface area contributed by atoms with E-state index >= 15 is 0 Å². The number of pyridine rings is 1. The number of nitrogens with zero attached hydrogens (tertiary/aromatic N) is 2. The molecule has 0 radical (unpaired) electrons. The Bertz CT molecular complexity index is 689. The number of aryl methyl sites for hydroxylation is 1. The molecule has 1 aliphatic carbocycles. The molecule has 4 N–H and O–H groups in total. The van der Waals surface area contributed by atoms with Gasteiger partial charge < -0.3 is 10.2 Å². The zero-order valence-electron chi connectivity index (χ0n) is 15.3. The van der Waals surface area contributed by atoms with Gasteiger partial charge in [0.15, 0.2) is 0 Å². The van der Waals surface area contributed by atoms with Crippen molar-refractivity contribution < 1.29 is 13.2 Å². The average Bonchev–Trinajstić information content (AvgIpc) is 2.60. The van der Waals surface area contributed by atoms with Crippen LogP contribution in [-0.2, 0) is 10.2 Å². The molecule has 2 amide bonds. The van der Waals surface area contributed by atoms with Crippen molar-refractivity contribution in [3.05, 3.63) is 24.0 Å². The van der Waals surface area contributed by atoms with Crippen molar-refractivity contribution in [2.24, 2.45) is 5.14 Å². The number of nitrogens with two attached hydrogens (primary N) is 1. The summed E-state index contributed by atoms with van der Waals surface area (Å²) in [6.45, 7) is 2.80. The van der Waals surface area contributed by atoms with E-state index in [0.29, 0.717) is 25.1 Å². The number of nitrogens with one attached hydrogen (secondary N) is 2. The number of aromatic nitrogens is 1. The minimum absolute atomic E-state index is 0.118. The second kappa shape index (κ2) is 9.84. The monoisotopic (exact) mass is 383 g/mol. The fraction of sp³-hybridized carbons (Fsp3) is 0.647. The zero-order chi connectivity index (χ0) is 19.0. The van der Waals surface area contributed by atoms with E-state index in [1.165, 1.54) is 6.42 Å². The smallest absolute Gasteiger partial charge is 0.322 e. The molecule has 1 heterocycles. The fourth-order valence-corrected chi connectivity index (χ4v) is 3.67. The largest absolute Gasteiger partial charge is 0.322 e. The maximum absolute atomic E-state index is 12.8. The molecular formula is C17H29N5O3S. The highest BCUT2D eigenvalue weighted by Crippen LogP contribution is 2.24. The average molecular weight is 384 g/mol. The van der Waals surface area contributed by atoms with E-state index in [1.54, 1.807) is 12.4 Å². The van der Waals surface area contributed by atoms with Crippen LogP contribution in [0.1, 0.15) is 50.5 Å². The first kappa shape index (κ1) is 20.6. The molecular weight excluding hydrogens is 354 g/mol. The Kier molecular flexibility index (Phi) is 7.80. The lowest BCUT2D eigenvalue weighted by atomic mass is 9.94. The van der Waals surface area contributed by atoms with Crippen molar-refractivity contribution in [3.8, 4) is 0 Å². The summed E-state index contributed by atoms with van der Waals surface area (Å²) in [5, 5.41) is 7.89. The third-order valence-corrected chi connectivity index (χ3v) is 5.29. The summed E-state index contributed by atoms with van der Waals surface area (Å²) in [6.07, 6.45) is 10.2. The van der Waals surface area contributed by atoms with Gasteiger partial charge in [0.2, 0.25) is 0 Å². The highest BCUT2D eigenvalue weighted by Gasteiger charge is 2.25. The van der Waals surface area contributed by atoms with Crippen LogP contribution in [0.15, 0.2) is 18.5 Å². The number of hydrogen-bond donors (Lipinski definition) is 3. The van der Waals surface area contributed by atoms with E-state index in [1.807, 2.05) is 17.9 Å². The van der Waals surface area contributed by atoms with Gasteiger partial charge in [-0.1, -0.05) is 19.3 Å². The minimum Gasteiger partial charge on any atom is -0.322 e. The first-order chi connectivity index (χ1) is 12.4. The topological polar surface area (TPSA) is 117 Å². The van der Waals surface area contributed by atoms with Gasteiger partial charge in [-0.05, 0) is 44.2 Å². The molecule has 0 spiro atoms. The summed E-state index contributed by atoms with van der Waals surface area (Å²) in [4.78, 5) is 18.8. The number of urea groups is 1. The molecule has 1 aromatic heterocycles. The van der Waals surface area contributed by atoms with Crippen LogP contribution in [0, 0.1) is 6.92 Å². The SMILES string of the molecule is Cc1ccncc1NC(=O)N(CCCCNS(N)(=O)=O)C1CCCCC1. The molecule has 1 saturated carbocycles. The van der Waals surface area contributed by atoms with Crippen LogP contribution in [0.25, 0.3) is 0 Å². The molecule has 9 heteroatoms. The summed E-state index contributed by atoms with van der Waals surface area (Å²) in [5.41, 5.74) is 1.68. The van der Waals surface area contributed by atoms with Crippen molar-refractivity contribution in [1.29, 1.82) is 0 Å². The quantitative estimate of drug-likeness (QED) is 0.596. The first-order valence-corrected chi connectivity index (χ1v) is 10.7. The second-order valence-corrected chi connectivity index (χ2v) is 8.13. The highest BCUT2D eigenvalue weighted by atomic mass is 32.2. The van der Waals surface area contributed by atoms with E-state index in [0.717, 1.165) is 31.2 Å². The Hall–Kier alpha value is -1.71. The third kappa shape index (κ3) is 6.89. The number of hydrogen-bond acceptors (Lipinski definition) is 4. The van der Waals surface area contributed by atoms with Gasteiger partial charge in [-0.25, -0.2) is 14.7 Å². The van der Waals surface area contributed by atoms with Crippen LogP contribution in [0.3, 0.4) is 0 Å². The molecule has 0 aliphatic heterocycles. The summed E-state index contributed by atoms with van der Waals surface area (Å²) in [7, 11) is -3.66. The standard InChI is InChI=1S/C17H29N5O3S/c1-14-9-11-19-13-16(14)21-17(23)22(15-7-3-2-4-8-15)12-6-5-10-20-26(18,24)25/h9,11,13,15,20H,2-8,10,12H2,1H3,(H,21,23)(H2,18,24,25). The van der Waals surface area contributed by atoms with Crippen LogP contribution in [-0.4, -0.2) is 43.5 Å². The van der Waals surface area contributed by atoms with Crippen molar-refractivity contribution in [2.45, 2.75) is 57.9 Å². The maximum atomic E-state index is 12.8. The van der Waals surface area contributed by atoms with E-state index in [2.05, 4.69) is 15.0 Å². The molecule has 1 fully saturated rings. The van der Waals surface area contributed by atoms with Gasteiger partial charge in [0.05, 0.1) is 11.9 Å². The van der Waals surface area contributed by atoms with Gasteiger partial charge in [-0.2, -0.15) is 8.42 Å². The lowest BCUT2D eigenvalue weighted by molar-refractivity contribution is 0.165. The molecule has 8 nitrogen and oxygen atoms in total. The maximum Gasteiger partial charge on any atom is 0.322 e. The Labute approximate surface area is 155 Å². The van der Waals surface area contributed by atoms with Crippen LogP contribution in [0.4, 0.5) is 10.5 Å². The number of unbranched alkanes of at least 4 members (excludes halogenated alkanes) is 1. The van der Waals surface area contributed by atoms with Crippen LogP contribution >= 0.6 is 0 Å². The van der Waals surface area contributed by atoms with E-state index in [-0.39, 0.29) is 18.6 Å². The van der Waals surface area contributed by atoms with Crippen LogP contribution in [0.5, 0.6) is 0 Å². The fourth-order valence-electron chi connectivity index (χ4n) is 3.25. The third-order valence-electron chi connectivity index (χ3n) is 4.69. The molecule has 0 saturated heterocycles. The molecule has 0 unspecified atom stereocenters. The number of carbonyl (C=O) groups is 1. The van der Waals surface area contributed by atoms with E-state index in [9.17, 15) is 13.2 Å². The van der Waals surface area contributed by atoms with Gasteiger partial charge >= 0.3 is 6.03 Å². The predicted molar refractivity (Wildman–Crippen MR) is 102 cm³/mol. The van der Waals surface area contributed by atoms with Crippen LogP contribution in [0.2, 0.25) is 0 Å². The van der Waals surface area contributed by atoms with E-state index < -0.39 is 10.2 Å². The van der Waals surface area contributed by atoms with Gasteiger partial charge in [0.25, 0.3) is 10.2 Å². The number of carbonyl (C=O) groups excluding carboxylic acids is 1. The minimum atomic E-state index is -3.66. The van der Waals surface area contributed by atoms with Gasteiger partial charge in [0.1, 0.15) is 0 Å². The second-order valence-electron chi connectivity index (χ2n) is 6.75.